The third-order valence-corrected chi connectivity index (χ3v) is 3.34. The van der Waals surface area contributed by atoms with Crippen molar-refractivity contribution in [3.05, 3.63) is 77.4 Å². The molecular formula is C17H14O3. The van der Waals surface area contributed by atoms with Crippen LogP contribution in [-0.2, 0) is 4.74 Å². The van der Waals surface area contributed by atoms with E-state index in [4.69, 9.17) is 4.74 Å². The fourth-order valence-corrected chi connectivity index (χ4v) is 2.28. The highest BCUT2D eigenvalue weighted by Gasteiger charge is 2.27. The highest BCUT2D eigenvalue weighted by atomic mass is 16.6. The lowest BCUT2D eigenvalue weighted by molar-refractivity contribution is -0.00116. The Kier molecular flexibility index (Phi) is 3.35. The molecule has 1 N–H and O–H groups in total. The van der Waals surface area contributed by atoms with E-state index in [2.05, 4.69) is 0 Å². The molecule has 2 aromatic rings. The van der Waals surface area contributed by atoms with E-state index in [1.807, 2.05) is 36.4 Å². The lowest BCUT2D eigenvalue weighted by Gasteiger charge is -2.25. The Labute approximate surface area is 117 Å². The van der Waals surface area contributed by atoms with Gasteiger partial charge in [0.1, 0.15) is 6.10 Å². The predicted molar refractivity (Wildman–Crippen MR) is 76.1 cm³/mol. The molecule has 0 saturated heterocycles. The summed E-state index contributed by atoms with van der Waals surface area (Å²) >= 11 is 0. The molecule has 20 heavy (non-hydrogen) atoms. The van der Waals surface area contributed by atoms with Gasteiger partial charge in [0, 0.05) is 0 Å². The van der Waals surface area contributed by atoms with E-state index in [1.165, 1.54) is 0 Å². The minimum absolute atomic E-state index is 0.432. The monoisotopic (exact) mass is 266 g/mol. The summed E-state index contributed by atoms with van der Waals surface area (Å²) in [5.41, 5.74) is 2.21. The van der Waals surface area contributed by atoms with Crippen molar-refractivity contribution < 1.29 is 14.6 Å². The van der Waals surface area contributed by atoms with E-state index in [1.54, 1.807) is 30.3 Å². The topological polar surface area (TPSA) is 46.5 Å². The van der Waals surface area contributed by atoms with Crippen LogP contribution in [0.2, 0.25) is 0 Å². The van der Waals surface area contributed by atoms with Gasteiger partial charge in [-0.15, -0.1) is 0 Å². The molecule has 1 aliphatic rings. The molecule has 0 amide bonds. The molecule has 2 atom stereocenters. The molecule has 100 valence electrons. The number of carbonyl (C=O) groups is 1. The lowest BCUT2D eigenvalue weighted by Crippen LogP contribution is -2.26. The van der Waals surface area contributed by atoms with Crippen LogP contribution in [0.5, 0.6) is 0 Å². The van der Waals surface area contributed by atoms with Crippen molar-refractivity contribution in [1.29, 1.82) is 0 Å². The number of aliphatic hydroxyl groups excluding tert-OH is 1. The lowest BCUT2D eigenvalue weighted by atomic mass is 9.93. The van der Waals surface area contributed by atoms with Crippen LogP contribution in [0.4, 0.5) is 0 Å². The van der Waals surface area contributed by atoms with E-state index < -0.39 is 18.2 Å². The summed E-state index contributed by atoms with van der Waals surface area (Å²) in [6.07, 6.45) is 2.10. The summed E-state index contributed by atoms with van der Waals surface area (Å²) < 4.78 is 5.37. The van der Waals surface area contributed by atoms with Crippen molar-refractivity contribution >= 4 is 12.0 Å². The Morgan fingerprint density at radius 2 is 1.70 bits per heavy atom. The summed E-state index contributed by atoms with van der Waals surface area (Å²) in [7, 11) is 0. The van der Waals surface area contributed by atoms with Crippen molar-refractivity contribution in [3.8, 4) is 0 Å². The molecule has 0 aromatic heterocycles. The Balaban J connectivity index is 1.79. The second-order valence-corrected chi connectivity index (χ2v) is 4.67. The molecule has 0 fully saturated rings. The second kappa shape index (κ2) is 5.31. The van der Waals surface area contributed by atoms with Gasteiger partial charge >= 0.3 is 5.97 Å². The molecule has 3 heteroatoms. The fraction of sp³-hybridized carbons (Fsp3) is 0.118. The van der Waals surface area contributed by atoms with Gasteiger partial charge in [-0.2, -0.15) is 0 Å². The van der Waals surface area contributed by atoms with Crippen LogP contribution in [0.1, 0.15) is 27.6 Å². The van der Waals surface area contributed by atoms with Crippen molar-refractivity contribution in [3.63, 3.8) is 0 Å². The van der Waals surface area contributed by atoms with Crippen LogP contribution in [0, 0.1) is 0 Å². The summed E-state index contributed by atoms with van der Waals surface area (Å²) in [4.78, 5) is 12.0. The fourth-order valence-electron chi connectivity index (χ4n) is 2.28. The first-order chi connectivity index (χ1) is 9.75. The molecule has 2 aromatic carbocycles. The van der Waals surface area contributed by atoms with E-state index in [-0.39, 0.29) is 0 Å². The number of aliphatic hydroxyl groups is 1. The number of rotatable bonds is 2. The molecule has 3 nitrogen and oxygen atoms in total. The smallest absolute Gasteiger partial charge is 0.338 e. The van der Waals surface area contributed by atoms with E-state index in [0.717, 1.165) is 11.1 Å². The zero-order chi connectivity index (χ0) is 13.9. The van der Waals surface area contributed by atoms with Crippen LogP contribution >= 0.6 is 0 Å². The zero-order valence-corrected chi connectivity index (χ0v) is 10.8. The van der Waals surface area contributed by atoms with Gasteiger partial charge < -0.3 is 9.84 Å². The third-order valence-electron chi connectivity index (χ3n) is 3.34. The molecule has 1 aliphatic carbocycles. The van der Waals surface area contributed by atoms with Crippen molar-refractivity contribution in [2.45, 2.75) is 12.2 Å². The molecule has 2 unspecified atom stereocenters. The Morgan fingerprint density at radius 1 is 1.00 bits per heavy atom. The minimum atomic E-state index is -0.830. The van der Waals surface area contributed by atoms with Gasteiger partial charge in [-0.1, -0.05) is 48.5 Å². The Bertz CT molecular complexity index is 646. The summed E-state index contributed by atoms with van der Waals surface area (Å²) in [5.74, 6) is -0.432. The predicted octanol–water partition coefficient (Wildman–Crippen LogP) is 2.97. The maximum absolute atomic E-state index is 12.0. The van der Waals surface area contributed by atoms with Gasteiger partial charge in [0.05, 0.1) is 5.56 Å². The first-order valence-corrected chi connectivity index (χ1v) is 6.47. The summed E-state index contributed by atoms with van der Waals surface area (Å²) in [6, 6.07) is 16.3. The minimum Gasteiger partial charge on any atom is -0.451 e. The molecule has 0 radical (unpaired) electrons. The number of carbonyl (C=O) groups excluding carboxylic acids is 1. The Morgan fingerprint density at radius 3 is 2.50 bits per heavy atom. The molecule has 0 aliphatic heterocycles. The highest BCUT2D eigenvalue weighted by Crippen LogP contribution is 2.29. The van der Waals surface area contributed by atoms with Crippen LogP contribution < -0.4 is 0 Å². The van der Waals surface area contributed by atoms with E-state index in [0.29, 0.717) is 5.56 Å². The highest BCUT2D eigenvalue weighted by molar-refractivity contribution is 5.89. The first kappa shape index (κ1) is 12.6. The molecule has 0 bridgehead atoms. The summed E-state index contributed by atoms with van der Waals surface area (Å²) in [6.45, 7) is 0. The largest absolute Gasteiger partial charge is 0.451 e. The second-order valence-electron chi connectivity index (χ2n) is 4.67. The van der Waals surface area contributed by atoms with Crippen molar-refractivity contribution in [2.24, 2.45) is 0 Å². The van der Waals surface area contributed by atoms with Crippen molar-refractivity contribution in [1.82, 2.24) is 0 Å². The van der Waals surface area contributed by atoms with Gasteiger partial charge in [0.2, 0.25) is 0 Å². The normalized spacial score (nSPS) is 20.2. The van der Waals surface area contributed by atoms with Crippen LogP contribution in [0.3, 0.4) is 0 Å². The zero-order valence-electron chi connectivity index (χ0n) is 10.8. The maximum atomic E-state index is 12.0. The van der Waals surface area contributed by atoms with Gasteiger partial charge in [-0.3, -0.25) is 0 Å². The standard InChI is InChI=1S/C17H14O3/c18-16-14-9-5-4-6-12(14)10-11-15(16)20-17(19)13-7-2-1-3-8-13/h1-11,15-16,18H. The average molecular weight is 266 g/mol. The van der Waals surface area contributed by atoms with Crippen molar-refractivity contribution in [2.75, 3.05) is 0 Å². The number of hydrogen-bond acceptors (Lipinski definition) is 3. The number of ether oxygens (including phenoxy) is 1. The molecular weight excluding hydrogens is 252 g/mol. The van der Waals surface area contributed by atoms with Crippen LogP contribution in [-0.4, -0.2) is 17.2 Å². The average Bonchev–Trinajstić information content (AvgIpc) is 2.51. The SMILES string of the molecule is O=C(OC1C=Cc2ccccc2C1O)c1ccccc1. The summed E-state index contributed by atoms with van der Waals surface area (Å²) in [5, 5.41) is 10.3. The quantitative estimate of drug-likeness (QED) is 0.850. The van der Waals surface area contributed by atoms with Gasteiger partial charge in [-0.25, -0.2) is 4.79 Å². The van der Waals surface area contributed by atoms with Gasteiger partial charge in [0.25, 0.3) is 0 Å². The van der Waals surface area contributed by atoms with Crippen LogP contribution in [0.25, 0.3) is 6.08 Å². The number of esters is 1. The maximum Gasteiger partial charge on any atom is 0.338 e. The van der Waals surface area contributed by atoms with E-state index >= 15 is 0 Å². The third kappa shape index (κ3) is 2.36. The molecule has 0 saturated carbocycles. The van der Waals surface area contributed by atoms with Crippen LogP contribution in [0.15, 0.2) is 60.7 Å². The molecule has 3 rings (SSSR count). The Hall–Kier alpha value is -2.39. The number of fused-ring (bicyclic) bond motifs is 1. The molecule has 0 heterocycles. The first-order valence-electron chi connectivity index (χ1n) is 6.47. The van der Waals surface area contributed by atoms with Gasteiger partial charge in [-0.05, 0) is 29.3 Å². The number of hydrogen-bond donors (Lipinski definition) is 1. The molecule has 0 spiro atoms. The van der Waals surface area contributed by atoms with Gasteiger partial charge in [0.15, 0.2) is 6.10 Å². The number of benzene rings is 2. The van der Waals surface area contributed by atoms with E-state index in [9.17, 15) is 9.90 Å².